The molecular weight excluding hydrogens is 517 g/mol. The van der Waals surface area contributed by atoms with Crippen LogP contribution in [0.3, 0.4) is 0 Å². The number of carbonyl (C=O) groups is 2. The van der Waals surface area contributed by atoms with Crippen LogP contribution in [0.5, 0.6) is 11.5 Å². The zero-order valence-corrected chi connectivity index (χ0v) is 21.7. The Labute approximate surface area is 222 Å². The minimum Gasteiger partial charge on any atom is -0.490 e. The Morgan fingerprint density at radius 1 is 1.03 bits per heavy atom. The number of rotatable bonds is 6. The van der Waals surface area contributed by atoms with Crippen LogP contribution in [-0.4, -0.2) is 58.3 Å². The highest BCUT2D eigenvalue weighted by molar-refractivity contribution is 5.97. The second-order valence-corrected chi connectivity index (χ2v) is 10.4. The second kappa shape index (κ2) is 11.0. The molecule has 2 N–H and O–H groups in total. The van der Waals surface area contributed by atoms with Crippen LogP contribution < -0.4 is 20.3 Å². The van der Waals surface area contributed by atoms with Crippen LogP contribution in [0.4, 0.5) is 13.2 Å². The van der Waals surface area contributed by atoms with Gasteiger partial charge in [0.1, 0.15) is 23.6 Å². The van der Waals surface area contributed by atoms with E-state index in [2.05, 4.69) is 20.0 Å². The molecule has 0 aliphatic carbocycles. The molecule has 1 saturated heterocycles. The molecular formula is C27H29F3N4O5. The van der Waals surface area contributed by atoms with Crippen molar-refractivity contribution in [3.05, 3.63) is 64.6 Å². The van der Waals surface area contributed by atoms with Gasteiger partial charge in [0.25, 0.3) is 11.5 Å². The average Bonchev–Trinajstić information content (AvgIpc) is 2.86. The molecule has 0 bridgehead atoms. The normalized spacial score (nSPS) is 15.6. The van der Waals surface area contributed by atoms with Crippen molar-refractivity contribution < 1.29 is 32.2 Å². The van der Waals surface area contributed by atoms with Crippen molar-refractivity contribution in [1.29, 1.82) is 0 Å². The molecule has 1 fully saturated rings. The number of carbonyl (C=O) groups excluding carboxylic acids is 2. The number of aromatic amines is 1. The van der Waals surface area contributed by atoms with Crippen molar-refractivity contribution in [2.24, 2.45) is 5.41 Å². The highest BCUT2D eigenvalue weighted by atomic mass is 19.4. The van der Waals surface area contributed by atoms with E-state index >= 15 is 0 Å². The molecule has 1 atom stereocenters. The van der Waals surface area contributed by atoms with Crippen LogP contribution >= 0.6 is 0 Å². The maximum Gasteiger partial charge on any atom is 0.573 e. The van der Waals surface area contributed by atoms with Gasteiger partial charge in [0.15, 0.2) is 5.69 Å². The number of alkyl halides is 3. The van der Waals surface area contributed by atoms with Crippen LogP contribution in [0, 0.1) is 5.41 Å². The molecule has 2 aromatic carbocycles. The van der Waals surface area contributed by atoms with Gasteiger partial charge in [0, 0.05) is 25.9 Å². The van der Waals surface area contributed by atoms with Gasteiger partial charge in [-0.3, -0.25) is 14.4 Å². The molecule has 2 heterocycles. The number of fused-ring (bicyclic) bond motifs is 1. The molecule has 2 amide bonds. The topological polar surface area (TPSA) is 114 Å². The fraction of sp³-hybridized carbons (Fsp3) is 0.407. The fourth-order valence-electron chi connectivity index (χ4n) is 4.32. The number of ether oxygens (including phenoxy) is 2. The van der Waals surface area contributed by atoms with Crippen LogP contribution in [0.1, 0.15) is 44.1 Å². The van der Waals surface area contributed by atoms with Gasteiger partial charge in [0.2, 0.25) is 5.91 Å². The summed E-state index contributed by atoms with van der Waals surface area (Å²) in [5, 5.41) is 2.71. The zero-order valence-electron chi connectivity index (χ0n) is 21.7. The van der Waals surface area contributed by atoms with Crippen molar-refractivity contribution in [2.75, 3.05) is 13.1 Å². The van der Waals surface area contributed by atoms with Gasteiger partial charge in [-0.1, -0.05) is 32.9 Å². The predicted molar refractivity (Wildman–Crippen MR) is 136 cm³/mol. The number of para-hydroxylation sites is 2. The van der Waals surface area contributed by atoms with Gasteiger partial charge in [-0.2, -0.15) is 0 Å². The maximum atomic E-state index is 13.5. The van der Waals surface area contributed by atoms with Gasteiger partial charge < -0.3 is 24.7 Å². The Morgan fingerprint density at radius 3 is 2.26 bits per heavy atom. The molecule has 0 spiro atoms. The molecule has 208 valence electrons. The number of H-pyrrole nitrogens is 1. The number of likely N-dealkylation sites (tertiary alicyclic amines) is 1. The Kier molecular flexibility index (Phi) is 7.84. The maximum absolute atomic E-state index is 13.5. The van der Waals surface area contributed by atoms with Gasteiger partial charge in [-0.15, -0.1) is 13.2 Å². The van der Waals surface area contributed by atoms with E-state index in [4.69, 9.17) is 4.74 Å². The summed E-state index contributed by atoms with van der Waals surface area (Å²) in [4.78, 5) is 47.5. The number of amides is 2. The van der Waals surface area contributed by atoms with Gasteiger partial charge in [-0.25, -0.2) is 4.98 Å². The van der Waals surface area contributed by atoms with Gasteiger partial charge >= 0.3 is 6.36 Å². The highest BCUT2D eigenvalue weighted by Crippen LogP contribution is 2.27. The Morgan fingerprint density at radius 2 is 1.64 bits per heavy atom. The van der Waals surface area contributed by atoms with Crippen molar-refractivity contribution in [3.8, 4) is 11.5 Å². The Hall–Kier alpha value is -4.09. The molecule has 1 aliphatic rings. The first-order chi connectivity index (χ1) is 18.3. The van der Waals surface area contributed by atoms with Crippen LogP contribution in [-0.2, 0) is 4.79 Å². The smallest absolute Gasteiger partial charge is 0.490 e. The summed E-state index contributed by atoms with van der Waals surface area (Å²) < 4.78 is 46.8. The second-order valence-electron chi connectivity index (χ2n) is 10.4. The summed E-state index contributed by atoms with van der Waals surface area (Å²) in [6.45, 7) is 6.16. The summed E-state index contributed by atoms with van der Waals surface area (Å²) >= 11 is 0. The van der Waals surface area contributed by atoms with Crippen molar-refractivity contribution in [3.63, 3.8) is 0 Å². The third kappa shape index (κ3) is 7.06. The number of aromatic nitrogens is 2. The van der Waals surface area contributed by atoms with Crippen molar-refractivity contribution >= 4 is 22.8 Å². The van der Waals surface area contributed by atoms with Crippen LogP contribution in [0.15, 0.2) is 53.3 Å². The van der Waals surface area contributed by atoms with E-state index in [1.165, 1.54) is 24.3 Å². The third-order valence-corrected chi connectivity index (χ3v) is 6.32. The molecule has 3 aromatic rings. The number of piperidine rings is 1. The zero-order chi connectivity index (χ0) is 28.4. The molecule has 12 heteroatoms. The van der Waals surface area contributed by atoms with Gasteiger partial charge in [0.05, 0.1) is 11.0 Å². The van der Waals surface area contributed by atoms with E-state index in [0.29, 0.717) is 42.7 Å². The van der Waals surface area contributed by atoms with E-state index in [1.54, 1.807) is 29.2 Å². The lowest BCUT2D eigenvalue weighted by Gasteiger charge is -2.38. The molecule has 0 unspecified atom stereocenters. The summed E-state index contributed by atoms with van der Waals surface area (Å²) in [6, 6.07) is 11.0. The first kappa shape index (κ1) is 27.9. The number of hydrogen-bond donors (Lipinski definition) is 2. The number of hydrogen-bond acceptors (Lipinski definition) is 6. The van der Waals surface area contributed by atoms with Gasteiger partial charge in [-0.05, 0) is 41.8 Å². The number of benzene rings is 2. The van der Waals surface area contributed by atoms with Crippen molar-refractivity contribution in [2.45, 2.75) is 52.1 Å². The SMILES string of the molecule is CC(C)(C)[C@H](NC(=O)c1nc2ccccc2[nH]c1=O)C(=O)N1CCC(Oc2ccc(OC(F)(F)F)cc2)CC1. The third-order valence-electron chi connectivity index (χ3n) is 6.32. The van der Waals surface area contributed by atoms with Crippen LogP contribution in [0.25, 0.3) is 11.0 Å². The van der Waals surface area contributed by atoms with E-state index in [0.717, 1.165) is 0 Å². The standard InChI is InChI=1S/C27H29F3N4O5/c1-26(2,3)22(33-24(36)21-23(35)32-20-7-5-4-6-19(20)31-21)25(37)34-14-12-17(13-15-34)38-16-8-10-18(11-9-16)39-27(28,29)30/h4-11,17,22H,12-15H2,1-3H3,(H,32,35)(H,33,36)/t22-/m1/s1. The van der Waals surface area contributed by atoms with E-state index in [-0.39, 0.29) is 23.5 Å². The average molecular weight is 547 g/mol. The van der Waals surface area contributed by atoms with Crippen molar-refractivity contribution in [1.82, 2.24) is 20.2 Å². The first-order valence-electron chi connectivity index (χ1n) is 12.4. The van der Waals surface area contributed by atoms with Crippen LogP contribution in [0.2, 0.25) is 0 Å². The fourth-order valence-corrected chi connectivity index (χ4v) is 4.32. The van der Waals surface area contributed by atoms with E-state index in [9.17, 15) is 27.6 Å². The van der Waals surface area contributed by atoms with E-state index < -0.39 is 29.3 Å². The minimum absolute atomic E-state index is 0.244. The molecule has 39 heavy (non-hydrogen) atoms. The number of halogens is 3. The highest BCUT2D eigenvalue weighted by Gasteiger charge is 2.38. The number of nitrogens with zero attached hydrogens (tertiary/aromatic N) is 2. The lowest BCUT2D eigenvalue weighted by molar-refractivity contribution is -0.274. The monoisotopic (exact) mass is 546 g/mol. The molecule has 4 rings (SSSR count). The Balaban J connectivity index is 1.38. The molecule has 1 aliphatic heterocycles. The largest absolute Gasteiger partial charge is 0.573 e. The first-order valence-corrected chi connectivity index (χ1v) is 12.4. The summed E-state index contributed by atoms with van der Waals surface area (Å²) in [6.07, 6.45) is -4.04. The Bertz CT molecular complexity index is 1390. The number of nitrogens with one attached hydrogen (secondary N) is 2. The van der Waals surface area contributed by atoms with E-state index in [1.807, 2.05) is 20.8 Å². The predicted octanol–water partition coefficient (Wildman–Crippen LogP) is 4.04. The quantitative estimate of drug-likeness (QED) is 0.483. The molecule has 0 radical (unpaired) electrons. The molecule has 1 aromatic heterocycles. The summed E-state index contributed by atoms with van der Waals surface area (Å²) in [5.41, 5.74) is -0.690. The minimum atomic E-state index is -4.77. The lowest BCUT2D eigenvalue weighted by Crippen LogP contribution is -2.57. The molecule has 0 saturated carbocycles. The lowest BCUT2D eigenvalue weighted by atomic mass is 9.85. The summed E-state index contributed by atoms with van der Waals surface area (Å²) in [5.74, 6) is -0.986. The summed E-state index contributed by atoms with van der Waals surface area (Å²) in [7, 11) is 0. The molecule has 9 nitrogen and oxygen atoms in total.